The average Bonchev–Trinajstić information content (AvgIpc) is 3.15. The summed E-state index contributed by atoms with van der Waals surface area (Å²) in [6.07, 6.45) is 3.55. The van der Waals surface area contributed by atoms with Crippen molar-refractivity contribution in [2.45, 2.75) is 65.6 Å². The second-order valence-electron chi connectivity index (χ2n) is 8.31. The Balaban J connectivity index is 1.48. The van der Waals surface area contributed by atoms with Gasteiger partial charge in [-0.3, -0.25) is 4.79 Å². The van der Waals surface area contributed by atoms with Crippen LogP contribution in [0.3, 0.4) is 0 Å². The van der Waals surface area contributed by atoms with Gasteiger partial charge in [0.05, 0.1) is 12.6 Å². The summed E-state index contributed by atoms with van der Waals surface area (Å²) < 4.78 is 2.10. The maximum absolute atomic E-state index is 12.8. The molecular formula is C22H30N6O2. The largest absolute Gasteiger partial charge is 0.332 e. The van der Waals surface area contributed by atoms with Crippen LogP contribution in [-0.4, -0.2) is 49.6 Å². The summed E-state index contributed by atoms with van der Waals surface area (Å²) in [5, 5.41) is 11.8. The predicted molar refractivity (Wildman–Crippen MR) is 114 cm³/mol. The topological polar surface area (TPSA) is 83.4 Å². The summed E-state index contributed by atoms with van der Waals surface area (Å²) in [6, 6.07) is 5.88. The molecule has 8 heteroatoms. The Bertz CT molecular complexity index is 933. The number of likely N-dealkylation sites (tertiary alicyclic amines) is 1. The molecule has 1 atom stereocenters. The lowest BCUT2D eigenvalue weighted by Crippen LogP contribution is -2.43. The minimum Gasteiger partial charge on any atom is -0.332 e. The van der Waals surface area contributed by atoms with Gasteiger partial charge in [-0.15, -0.1) is 10.2 Å². The van der Waals surface area contributed by atoms with Crippen LogP contribution in [-0.2, 0) is 17.9 Å². The Morgan fingerprint density at radius 2 is 1.83 bits per heavy atom. The smallest absolute Gasteiger partial charge is 0.322 e. The first-order valence-corrected chi connectivity index (χ1v) is 10.8. The van der Waals surface area contributed by atoms with Crippen LogP contribution in [0.5, 0.6) is 0 Å². The lowest BCUT2D eigenvalue weighted by molar-refractivity contribution is -0.135. The maximum atomic E-state index is 12.8. The summed E-state index contributed by atoms with van der Waals surface area (Å²) in [5.41, 5.74) is 3.04. The minimum absolute atomic E-state index is 0.0110. The Kier molecular flexibility index (Phi) is 5.74. The Morgan fingerprint density at radius 1 is 1.07 bits per heavy atom. The SMILES string of the molecule is CCC(=O)N1CCCCC1c1nnc2n1CCN(C(=O)Nc1cc(C)cc(C)c1)C2. The van der Waals surface area contributed by atoms with Crippen molar-refractivity contribution >= 4 is 17.6 Å². The van der Waals surface area contributed by atoms with Crippen molar-refractivity contribution in [1.29, 1.82) is 0 Å². The van der Waals surface area contributed by atoms with E-state index in [1.807, 2.05) is 37.8 Å². The van der Waals surface area contributed by atoms with Crippen molar-refractivity contribution in [2.75, 3.05) is 18.4 Å². The van der Waals surface area contributed by atoms with Crippen molar-refractivity contribution in [3.05, 3.63) is 41.0 Å². The van der Waals surface area contributed by atoms with Gasteiger partial charge in [0.1, 0.15) is 0 Å². The van der Waals surface area contributed by atoms with E-state index in [-0.39, 0.29) is 18.0 Å². The highest BCUT2D eigenvalue weighted by molar-refractivity contribution is 5.89. The van der Waals surface area contributed by atoms with Crippen LogP contribution in [0, 0.1) is 13.8 Å². The molecule has 0 saturated carbocycles. The first kappa shape index (κ1) is 20.4. The van der Waals surface area contributed by atoms with Crippen molar-refractivity contribution < 1.29 is 9.59 Å². The first-order chi connectivity index (χ1) is 14.5. The number of aryl methyl sites for hydroxylation is 2. The minimum atomic E-state index is -0.128. The quantitative estimate of drug-likeness (QED) is 0.841. The number of urea groups is 1. The number of hydrogen-bond donors (Lipinski definition) is 1. The molecule has 0 aliphatic carbocycles. The highest BCUT2D eigenvalue weighted by Gasteiger charge is 2.33. The number of benzene rings is 1. The average molecular weight is 411 g/mol. The van der Waals surface area contributed by atoms with Gasteiger partial charge in [0.15, 0.2) is 11.6 Å². The van der Waals surface area contributed by atoms with E-state index < -0.39 is 0 Å². The number of carbonyl (C=O) groups excluding carboxylic acids is 2. The Hall–Kier alpha value is -2.90. The molecule has 1 aromatic carbocycles. The van der Waals surface area contributed by atoms with Gasteiger partial charge in [-0.1, -0.05) is 13.0 Å². The van der Waals surface area contributed by atoms with E-state index in [9.17, 15) is 9.59 Å². The molecule has 160 valence electrons. The van der Waals surface area contributed by atoms with Gasteiger partial charge >= 0.3 is 6.03 Å². The molecule has 1 fully saturated rings. The lowest BCUT2D eigenvalue weighted by Gasteiger charge is -2.36. The number of piperidine rings is 1. The summed E-state index contributed by atoms with van der Waals surface area (Å²) in [6.45, 7) is 8.37. The number of hydrogen-bond acceptors (Lipinski definition) is 4. The molecule has 30 heavy (non-hydrogen) atoms. The zero-order valence-electron chi connectivity index (χ0n) is 18.0. The molecule has 0 radical (unpaired) electrons. The number of anilines is 1. The first-order valence-electron chi connectivity index (χ1n) is 10.8. The standard InChI is InChI=1S/C22H30N6O2/c1-4-20(29)27-8-6-5-7-18(27)21-25-24-19-14-26(9-10-28(19)21)22(30)23-17-12-15(2)11-16(3)13-17/h11-13,18H,4-10,14H2,1-3H3,(H,23,30). The number of carbonyl (C=O) groups is 2. The lowest BCUT2D eigenvalue weighted by atomic mass is 10.0. The van der Waals surface area contributed by atoms with Gasteiger partial charge in [-0.2, -0.15) is 0 Å². The third-order valence-corrected chi connectivity index (χ3v) is 5.97. The van der Waals surface area contributed by atoms with Crippen LogP contribution in [0.1, 0.15) is 61.4 Å². The highest BCUT2D eigenvalue weighted by Crippen LogP contribution is 2.31. The molecule has 2 aromatic rings. The number of aromatic nitrogens is 3. The van der Waals surface area contributed by atoms with E-state index in [0.717, 1.165) is 54.3 Å². The van der Waals surface area contributed by atoms with Crippen LogP contribution in [0.2, 0.25) is 0 Å². The molecule has 1 N–H and O–H groups in total. The third kappa shape index (κ3) is 4.04. The molecule has 3 heterocycles. The fourth-order valence-electron chi connectivity index (χ4n) is 4.55. The highest BCUT2D eigenvalue weighted by atomic mass is 16.2. The van der Waals surface area contributed by atoms with Gasteiger partial charge in [0, 0.05) is 31.7 Å². The van der Waals surface area contributed by atoms with Crippen molar-refractivity contribution in [1.82, 2.24) is 24.6 Å². The van der Waals surface area contributed by atoms with E-state index in [1.54, 1.807) is 4.90 Å². The van der Waals surface area contributed by atoms with E-state index in [4.69, 9.17) is 0 Å². The fraction of sp³-hybridized carbons (Fsp3) is 0.545. The molecule has 1 aromatic heterocycles. The monoisotopic (exact) mass is 410 g/mol. The summed E-state index contributed by atoms with van der Waals surface area (Å²) in [4.78, 5) is 28.9. The van der Waals surface area contributed by atoms with E-state index in [1.165, 1.54) is 0 Å². The van der Waals surface area contributed by atoms with E-state index in [2.05, 4.69) is 26.1 Å². The second kappa shape index (κ2) is 8.45. The van der Waals surface area contributed by atoms with E-state index in [0.29, 0.717) is 26.1 Å². The summed E-state index contributed by atoms with van der Waals surface area (Å²) in [7, 11) is 0. The normalized spacial score (nSPS) is 18.8. The third-order valence-electron chi connectivity index (χ3n) is 5.97. The molecule has 2 aliphatic heterocycles. The van der Waals surface area contributed by atoms with Gasteiger partial charge in [-0.05, 0) is 56.4 Å². The number of fused-ring (bicyclic) bond motifs is 1. The maximum Gasteiger partial charge on any atom is 0.322 e. The predicted octanol–water partition coefficient (Wildman–Crippen LogP) is 3.41. The van der Waals surface area contributed by atoms with Crippen LogP contribution < -0.4 is 5.32 Å². The molecule has 8 nitrogen and oxygen atoms in total. The zero-order chi connectivity index (χ0) is 21.3. The molecule has 2 aliphatic rings. The molecule has 4 rings (SSSR count). The molecular weight excluding hydrogens is 380 g/mol. The van der Waals surface area contributed by atoms with Gasteiger partial charge < -0.3 is 19.7 Å². The second-order valence-corrected chi connectivity index (χ2v) is 8.31. The van der Waals surface area contributed by atoms with Gasteiger partial charge in [-0.25, -0.2) is 4.79 Å². The van der Waals surface area contributed by atoms with Gasteiger partial charge in [0.2, 0.25) is 5.91 Å². The number of nitrogens with one attached hydrogen (secondary N) is 1. The summed E-state index contributed by atoms with van der Waals surface area (Å²) in [5.74, 6) is 1.81. The van der Waals surface area contributed by atoms with E-state index >= 15 is 0 Å². The molecule has 1 unspecified atom stereocenters. The van der Waals surface area contributed by atoms with Crippen LogP contribution in [0.15, 0.2) is 18.2 Å². The molecule has 3 amide bonds. The fourth-order valence-corrected chi connectivity index (χ4v) is 4.55. The summed E-state index contributed by atoms with van der Waals surface area (Å²) >= 11 is 0. The van der Waals surface area contributed by atoms with Crippen molar-refractivity contribution in [2.24, 2.45) is 0 Å². The number of rotatable bonds is 3. The zero-order valence-corrected chi connectivity index (χ0v) is 18.0. The molecule has 0 bridgehead atoms. The molecule has 1 saturated heterocycles. The number of amides is 3. The Labute approximate surface area is 177 Å². The Morgan fingerprint density at radius 3 is 2.57 bits per heavy atom. The van der Waals surface area contributed by atoms with Crippen LogP contribution in [0.4, 0.5) is 10.5 Å². The van der Waals surface area contributed by atoms with Crippen molar-refractivity contribution in [3.8, 4) is 0 Å². The van der Waals surface area contributed by atoms with Crippen molar-refractivity contribution in [3.63, 3.8) is 0 Å². The van der Waals surface area contributed by atoms with Crippen LogP contribution >= 0.6 is 0 Å². The van der Waals surface area contributed by atoms with Gasteiger partial charge in [0.25, 0.3) is 0 Å². The van der Waals surface area contributed by atoms with Crippen LogP contribution in [0.25, 0.3) is 0 Å². The molecule has 0 spiro atoms. The number of nitrogens with zero attached hydrogens (tertiary/aromatic N) is 5.